The van der Waals surface area contributed by atoms with Gasteiger partial charge in [-0.15, -0.1) is 0 Å². The van der Waals surface area contributed by atoms with Crippen molar-refractivity contribution >= 4 is 0 Å². The third-order valence-electron chi connectivity index (χ3n) is 4.92. The second kappa shape index (κ2) is 8.18. The molecule has 5 heteroatoms. The Morgan fingerprint density at radius 3 is 2.96 bits per heavy atom. The summed E-state index contributed by atoms with van der Waals surface area (Å²) in [4.78, 5) is 4.44. The monoisotopic (exact) mass is 360 g/mol. The van der Waals surface area contributed by atoms with Gasteiger partial charge in [0.2, 0.25) is 0 Å². The Labute approximate surface area is 159 Å². The van der Waals surface area contributed by atoms with Gasteiger partial charge in [-0.3, -0.25) is 0 Å². The Morgan fingerprint density at radius 1 is 1.22 bits per heavy atom. The van der Waals surface area contributed by atoms with Crippen LogP contribution in [0.15, 0.2) is 67.5 Å². The van der Waals surface area contributed by atoms with E-state index >= 15 is 0 Å². The molecule has 4 rings (SSSR count). The minimum Gasteiger partial charge on any atom is -0.489 e. The number of hydrogen-bond acceptors (Lipinski definition) is 4. The smallest absolute Gasteiger partial charge is 0.153 e. The lowest BCUT2D eigenvalue weighted by molar-refractivity contribution is 0.355. The van der Waals surface area contributed by atoms with Crippen molar-refractivity contribution < 1.29 is 4.74 Å². The van der Waals surface area contributed by atoms with Crippen molar-refractivity contribution in [2.75, 3.05) is 6.61 Å². The summed E-state index contributed by atoms with van der Waals surface area (Å²) in [5, 5.41) is 8.31. The van der Waals surface area contributed by atoms with Gasteiger partial charge in [-0.1, -0.05) is 36.9 Å². The van der Waals surface area contributed by atoms with E-state index in [1.54, 1.807) is 6.08 Å². The average molecular weight is 360 g/mol. The van der Waals surface area contributed by atoms with Crippen LogP contribution in [0.25, 0.3) is 5.82 Å². The highest BCUT2D eigenvalue weighted by Gasteiger charge is 2.25. The van der Waals surface area contributed by atoms with Crippen LogP contribution in [-0.2, 0) is 13.0 Å². The predicted octanol–water partition coefficient (Wildman–Crippen LogP) is 4.00. The lowest BCUT2D eigenvalue weighted by Gasteiger charge is -2.24. The van der Waals surface area contributed by atoms with Gasteiger partial charge in [-0.25, -0.2) is 9.67 Å². The lowest BCUT2D eigenvalue weighted by atomic mass is 9.92. The number of fused-ring (bicyclic) bond motifs is 1. The zero-order valence-corrected chi connectivity index (χ0v) is 15.3. The van der Waals surface area contributed by atoms with E-state index in [9.17, 15) is 0 Å². The first-order valence-electron chi connectivity index (χ1n) is 9.40. The second-order valence-electron chi connectivity index (χ2n) is 6.68. The molecule has 0 aliphatic heterocycles. The van der Waals surface area contributed by atoms with Crippen LogP contribution >= 0.6 is 0 Å². The Morgan fingerprint density at radius 2 is 2.11 bits per heavy atom. The van der Waals surface area contributed by atoms with Crippen molar-refractivity contribution in [1.82, 2.24) is 20.1 Å². The number of benzene rings is 1. The van der Waals surface area contributed by atoms with E-state index in [1.165, 1.54) is 11.3 Å². The minimum atomic E-state index is 0.290. The van der Waals surface area contributed by atoms with Crippen LogP contribution in [0.2, 0.25) is 0 Å². The number of aromatic nitrogens is 3. The van der Waals surface area contributed by atoms with Gasteiger partial charge in [0.25, 0.3) is 0 Å². The van der Waals surface area contributed by atoms with E-state index in [-0.39, 0.29) is 0 Å². The standard InChI is InChI=1S/C22H24N4O/c1-2-14-27-21-11-4-3-8-17(21)15-24-19-9-7-10-20-18(19)16-25-26(20)22-12-5-6-13-23-22/h2-6,8,11-13,16,19,24H,1,7,9-10,14-15H2/t19-/m0/s1. The van der Waals surface area contributed by atoms with Gasteiger partial charge < -0.3 is 10.1 Å². The molecule has 1 aromatic carbocycles. The van der Waals surface area contributed by atoms with E-state index < -0.39 is 0 Å². The molecule has 2 heterocycles. The molecule has 138 valence electrons. The van der Waals surface area contributed by atoms with Crippen molar-refractivity contribution in [3.05, 3.63) is 84.3 Å². The van der Waals surface area contributed by atoms with E-state index in [0.717, 1.165) is 42.9 Å². The summed E-state index contributed by atoms with van der Waals surface area (Å²) in [6, 6.07) is 14.4. The van der Waals surface area contributed by atoms with E-state index in [0.29, 0.717) is 12.6 Å². The number of pyridine rings is 1. The summed E-state index contributed by atoms with van der Waals surface area (Å²) >= 11 is 0. The first-order valence-corrected chi connectivity index (χ1v) is 9.40. The molecule has 1 aliphatic carbocycles. The molecule has 0 radical (unpaired) electrons. The number of rotatable bonds is 7. The third kappa shape index (κ3) is 3.78. The van der Waals surface area contributed by atoms with Crippen molar-refractivity contribution in [2.45, 2.75) is 31.8 Å². The van der Waals surface area contributed by atoms with Gasteiger partial charge in [0.15, 0.2) is 5.82 Å². The van der Waals surface area contributed by atoms with Gasteiger partial charge in [0.1, 0.15) is 12.4 Å². The maximum Gasteiger partial charge on any atom is 0.153 e. The molecule has 3 aromatic rings. The van der Waals surface area contributed by atoms with E-state index in [4.69, 9.17) is 4.74 Å². The number of nitrogens with zero attached hydrogens (tertiary/aromatic N) is 3. The van der Waals surface area contributed by atoms with Gasteiger partial charge >= 0.3 is 0 Å². The SMILES string of the molecule is C=CCOc1ccccc1CN[C@H]1CCCc2c1cnn2-c1ccccn1. The van der Waals surface area contributed by atoms with Crippen LogP contribution in [0.4, 0.5) is 0 Å². The number of ether oxygens (including phenoxy) is 1. The molecule has 1 N–H and O–H groups in total. The van der Waals surface area contributed by atoms with Gasteiger partial charge in [0.05, 0.1) is 11.9 Å². The summed E-state index contributed by atoms with van der Waals surface area (Å²) < 4.78 is 7.75. The Balaban J connectivity index is 1.51. The quantitative estimate of drug-likeness (QED) is 0.647. The fraction of sp³-hybridized carbons (Fsp3) is 0.273. The average Bonchev–Trinajstić information content (AvgIpc) is 3.17. The second-order valence-corrected chi connectivity index (χ2v) is 6.68. The predicted molar refractivity (Wildman–Crippen MR) is 106 cm³/mol. The van der Waals surface area contributed by atoms with Gasteiger partial charge in [-0.2, -0.15) is 5.10 Å². The Bertz CT molecular complexity index is 904. The zero-order chi connectivity index (χ0) is 18.5. The molecule has 0 spiro atoms. The summed E-state index contributed by atoms with van der Waals surface area (Å²) in [6.07, 6.45) is 8.84. The van der Waals surface area contributed by atoms with Crippen molar-refractivity contribution in [1.29, 1.82) is 0 Å². The molecular formula is C22H24N4O. The van der Waals surface area contributed by atoms with Crippen LogP contribution in [0.1, 0.15) is 35.7 Å². The summed E-state index contributed by atoms with van der Waals surface area (Å²) in [5.74, 6) is 1.78. The fourth-order valence-electron chi connectivity index (χ4n) is 3.62. The highest BCUT2D eigenvalue weighted by molar-refractivity contribution is 5.35. The van der Waals surface area contributed by atoms with E-state index in [1.807, 2.05) is 53.5 Å². The largest absolute Gasteiger partial charge is 0.489 e. The van der Waals surface area contributed by atoms with Crippen LogP contribution in [-0.4, -0.2) is 21.4 Å². The zero-order valence-electron chi connectivity index (χ0n) is 15.3. The molecule has 5 nitrogen and oxygen atoms in total. The minimum absolute atomic E-state index is 0.290. The molecule has 27 heavy (non-hydrogen) atoms. The molecule has 0 unspecified atom stereocenters. The van der Waals surface area contributed by atoms with Crippen LogP contribution < -0.4 is 10.1 Å². The Hall–Kier alpha value is -2.92. The molecule has 0 bridgehead atoms. The molecule has 0 saturated heterocycles. The molecule has 0 fully saturated rings. The van der Waals surface area contributed by atoms with Crippen LogP contribution in [0.3, 0.4) is 0 Å². The molecule has 2 aromatic heterocycles. The topological polar surface area (TPSA) is 52.0 Å². The van der Waals surface area contributed by atoms with Gasteiger partial charge in [0, 0.05) is 29.9 Å². The summed E-state index contributed by atoms with van der Waals surface area (Å²) in [6.45, 7) is 4.99. The van der Waals surface area contributed by atoms with Crippen molar-refractivity contribution in [3.63, 3.8) is 0 Å². The first kappa shape index (κ1) is 17.5. The Kier molecular flexibility index (Phi) is 5.30. The number of nitrogens with one attached hydrogen (secondary N) is 1. The summed E-state index contributed by atoms with van der Waals surface area (Å²) in [7, 11) is 0. The number of para-hydroxylation sites is 1. The molecule has 0 saturated carbocycles. The van der Waals surface area contributed by atoms with Gasteiger partial charge in [-0.05, 0) is 37.5 Å². The maximum absolute atomic E-state index is 5.77. The van der Waals surface area contributed by atoms with E-state index in [2.05, 4.69) is 28.0 Å². The van der Waals surface area contributed by atoms with Crippen molar-refractivity contribution in [2.24, 2.45) is 0 Å². The lowest BCUT2D eigenvalue weighted by Crippen LogP contribution is -2.25. The van der Waals surface area contributed by atoms with Crippen LogP contribution in [0, 0.1) is 0 Å². The number of hydrogen-bond donors (Lipinski definition) is 1. The van der Waals surface area contributed by atoms with Crippen LogP contribution in [0.5, 0.6) is 5.75 Å². The normalized spacial score (nSPS) is 15.9. The molecule has 0 amide bonds. The molecular weight excluding hydrogens is 336 g/mol. The maximum atomic E-state index is 5.77. The van der Waals surface area contributed by atoms with Crippen molar-refractivity contribution in [3.8, 4) is 11.6 Å². The molecule has 1 aliphatic rings. The highest BCUT2D eigenvalue weighted by atomic mass is 16.5. The third-order valence-corrected chi connectivity index (χ3v) is 4.92. The molecule has 1 atom stereocenters. The highest BCUT2D eigenvalue weighted by Crippen LogP contribution is 2.31. The first-order chi connectivity index (χ1) is 13.4. The summed E-state index contributed by atoms with van der Waals surface area (Å²) in [5.41, 5.74) is 3.69. The fourth-order valence-corrected chi connectivity index (χ4v) is 3.62.